The first kappa shape index (κ1) is 12.9. The normalized spacial score (nSPS) is 11.2. The topological polar surface area (TPSA) is 43.4 Å². The van der Waals surface area contributed by atoms with Crippen molar-refractivity contribution in [3.63, 3.8) is 0 Å². The third kappa shape index (κ3) is 3.79. The fourth-order valence-corrected chi connectivity index (χ4v) is 1.92. The Balaban J connectivity index is 2.78. The van der Waals surface area contributed by atoms with E-state index in [1.807, 2.05) is 20.8 Å². The van der Waals surface area contributed by atoms with Crippen molar-refractivity contribution in [1.82, 2.24) is 0 Å². The number of hydrogen-bond donors (Lipinski definition) is 0. The molecule has 1 aromatic carbocycles. The van der Waals surface area contributed by atoms with Gasteiger partial charge in [0.05, 0.1) is 11.5 Å². The van der Waals surface area contributed by atoms with Gasteiger partial charge in [-0.25, -0.2) is 0 Å². The van der Waals surface area contributed by atoms with Crippen molar-refractivity contribution in [2.75, 3.05) is 6.61 Å². The van der Waals surface area contributed by atoms with Crippen LogP contribution >= 0.6 is 0 Å². The summed E-state index contributed by atoms with van der Waals surface area (Å²) in [6.45, 7) is 5.77. The van der Waals surface area contributed by atoms with E-state index in [-0.39, 0.29) is 11.5 Å². The summed E-state index contributed by atoms with van der Waals surface area (Å²) in [4.78, 5) is 0.195. The van der Waals surface area contributed by atoms with Gasteiger partial charge in [-0.05, 0) is 32.9 Å². The van der Waals surface area contributed by atoms with Crippen LogP contribution in [0.3, 0.4) is 0 Å². The zero-order valence-corrected chi connectivity index (χ0v) is 10.5. The average molecular weight is 240 g/mol. The predicted molar refractivity (Wildman–Crippen MR) is 63.7 cm³/mol. The van der Waals surface area contributed by atoms with E-state index in [0.717, 1.165) is 11.1 Å². The number of rotatable bonds is 4. The lowest BCUT2D eigenvalue weighted by Crippen LogP contribution is -2.06. The molecule has 0 N–H and O–H groups in total. The molecule has 16 heavy (non-hydrogen) atoms. The molecule has 0 amide bonds. The molecule has 3 nitrogen and oxygen atoms in total. The molecular weight excluding hydrogens is 224 g/mol. The van der Waals surface area contributed by atoms with E-state index in [0.29, 0.717) is 0 Å². The van der Waals surface area contributed by atoms with Crippen molar-refractivity contribution >= 4 is 10.1 Å². The van der Waals surface area contributed by atoms with Crippen molar-refractivity contribution in [1.29, 1.82) is 0 Å². The highest BCUT2D eigenvalue weighted by Crippen LogP contribution is 2.13. The molecule has 0 aliphatic carbocycles. The molecule has 0 aliphatic rings. The van der Waals surface area contributed by atoms with E-state index in [1.165, 1.54) is 0 Å². The first-order valence-electron chi connectivity index (χ1n) is 5.01. The molecule has 0 saturated heterocycles. The van der Waals surface area contributed by atoms with Crippen molar-refractivity contribution in [3.05, 3.63) is 41.5 Å². The Morgan fingerprint density at radius 2 is 1.81 bits per heavy atom. The maximum atomic E-state index is 11.7. The molecule has 1 rings (SSSR count). The van der Waals surface area contributed by atoms with E-state index >= 15 is 0 Å². The molecular formula is C12H16O3S. The molecule has 0 aromatic heterocycles. The second kappa shape index (κ2) is 5.27. The summed E-state index contributed by atoms with van der Waals surface area (Å²) in [6, 6.07) is 6.59. The minimum absolute atomic E-state index is 0.0819. The van der Waals surface area contributed by atoms with Crippen LogP contribution in [0.25, 0.3) is 0 Å². The van der Waals surface area contributed by atoms with Crippen LogP contribution in [-0.2, 0) is 14.3 Å². The third-order valence-corrected chi connectivity index (χ3v) is 3.32. The fraction of sp³-hybridized carbons (Fsp3) is 0.333. The monoisotopic (exact) mass is 240 g/mol. The van der Waals surface area contributed by atoms with Crippen LogP contribution in [0, 0.1) is 6.92 Å². The Morgan fingerprint density at radius 3 is 2.31 bits per heavy atom. The number of benzene rings is 1. The fourth-order valence-electron chi connectivity index (χ4n) is 1.06. The molecule has 88 valence electrons. The molecule has 0 fully saturated rings. The highest BCUT2D eigenvalue weighted by molar-refractivity contribution is 7.86. The lowest BCUT2D eigenvalue weighted by molar-refractivity contribution is 0.356. The molecule has 0 radical (unpaired) electrons. The lowest BCUT2D eigenvalue weighted by Gasteiger charge is -2.03. The van der Waals surface area contributed by atoms with Crippen molar-refractivity contribution < 1.29 is 12.6 Å². The van der Waals surface area contributed by atoms with E-state index in [1.54, 1.807) is 30.3 Å². The van der Waals surface area contributed by atoms with E-state index in [4.69, 9.17) is 4.18 Å². The summed E-state index contributed by atoms with van der Waals surface area (Å²) >= 11 is 0. The van der Waals surface area contributed by atoms with E-state index in [2.05, 4.69) is 0 Å². The third-order valence-electron chi connectivity index (χ3n) is 2.02. The zero-order valence-electron chi connectivity index (χ0n) is 9.73. The van der Waals surface area contributed by atoms with Crippen molar-refractivity contribution in [2.24, 2.45) is 0 Å². The Kier molecular flexibility index (Phi) is 4.26. The molecule has 0 spiro atoms. The van der Waals surface area contributed by atoms with Gasteiger partial charge in [-0.2, -0.15) is 8.42 Å². The molecule has 0 unspecified atom stereocenters. The Labute approximate surface area is 96.9 Å². The van der Waals surface area contributed by atoms with Crippen LogP contribution in [0.5, 0.6) is 0 Å². The SMILES string of the molecule is CC(C)=CCOS(=O)(=O)c1ccc(C)cc1. The van der Waals surface area contributed by atoms with E-state index in [9.17, 15) is 8.42 Å². The summed E-state index contributed by atoms with van der Waals surface area (Å²) in [5.41, 5.74) is 2.04. The first-order valence-corrected chi connectivity index (χ1v) is 6.42. The quantitative estimate of drug-likeness (QED) is 0.600. The molecule has 0 aliphatic heterocycles. The standard InChI is InChI=1S/C12H16O3S/c1-10(2)8-9-15-16(13,14)12-6-4-11(3)5-7-12/h4-8H,9H2,1-3H3. The summed E-state index contributed by atoms with van der Waals surface area (Å²) < 4.78 is 28.2. The number of allylic oxidation sites excluding steroid dienone is 1. The maximum absolute atomic E-state index is 11.7. The summed E-state index contributed by atoms with van der Waals surface area (Å²) in [5.74, 6) is 0. The van der Waals surface area contributed by atoms with Gasteiger partial charge in [-0.3, -0.25) is 4.18 Å². The number of aryl methyl sites for hydroxylation is 1. The average Bonchev–Trinajstić information content (AvgIpc) is 2.17. The van der Waals surface area contributed by atoms with Gasteiger partial charge in [-0.15, -0.1) is 0 Å². The molecule has 0 saturated carbocycles. The van der Waals surface area contributed by atoms with Gasteiger partial charge in [0.2, 0.25) is 0 Å². The van der Waals surface area contributed by atoms with Gasteiger partial charge in [0.1, 0.15) is 0 Å². The van der Waals surface area contributed by atoms with Gasteiger partial charge in [0, 0.05) is 0 Å². The van der Waals surface area contributed by atoms with E-state index < -0.39 is 10.1 Å². The van der Waals surface area contributed by atoms with Gasteiger partial charge in [0.25, 0.3) is 10.1 Å². The van der Waals surface area contributed by atoms with Gasteiger partial charge >= 0.3 is 0 Å². The lowest BCUT2D eigenvalue weighted by atomic mass is 10.2. The Morgan fingerprint density at radius 1 is 1.25 bits per heavy atom. The van der Waals surface area contributed by atoms with Crippen LogP contribution in [0.2, 0.25) is 0 Å². The minimum Gasteiger partial charge on any atom is -0.262 e. The highest BCUT2D eigenvalue weighted by Gasteiger charge is 2.13. The maximum Gasteiger partial charge on any atom is 0.297 e. The van der Waals surface area contributed by atoms with Gasteiger partial charge in [0.15, 0.2) is 0 Å². The van der Waals surface area contributed by atoms with Crippen molar-refractivity contribution in [2.45, 2.75) is 25.7 Å². The minimum atomic E-state index is -3.62. The van der Waals surface area contributed by atoms with Gasteiger partial charge < -0.3 is 0 Å². The van der Waals surface area contributed by atoms with Crippen LogP contribution < -0.4 is 0 Å². The molecule has 0 bridgehead atoms. The molecule has 0 heterocycles. The molecule has 4 heteroatoms. The highest BCUT2D eigenvalue weighted by atomic mass is 32.2. The second-order valence-electron chi connectivity index (χ2n) is 3.83. The van der Waals surface area contributed by atoms with Crippen LogP contribution in [0.1, 0.15) is 19.4 Å². The molecule has 0 atom stereocenters. The zero-order chi connectivity index (χ0) is 12.2. The second-order valence-corrected chi connectivity index (χ2v) is 5.45. The predicted octanol–water partition coefficient (Wildman–Crippen LogP) is 2.67. The smallest absolute Gasteiger partial charge is 0.262 e. The largest absolute Gasteiger partial charge is 0.297 e. The summed E-state index contributed by atoms with van der Waals surface area (Å²) in [5, 5.41) is 0. The van der Waals surface area contributed by atoms with Gasteiger partial charge in [-0.1, -0.05) is 29.3 Å². The first-order chi connectivity index (χ1) is 7.42. The van der Waals surface area contributed by atoms with Crippen LogP contribution in [-0.4, -0.2) is 15.0 Å². The molecule has 1 aromatic rings. The number of hydrogen-bond acceptors (Lipinski definition) is 3. The summed E-state index contributed by atoms with van der Waals surface area (Å²) in [6.07, 6.45) is 1.73. The van der Waals surface area contributed by atoms with Crippen LogP contribution in [0.15, 0.2) is 40.8 Å². The van der Waals surface area contributed by atoms with Crippen molar-refractivity contribution in [3.8, 4) is 0 Å². The Hall–Kier alpha value is -1.13. The van der Waals surface area contributed by atoms with Crippen LogP contribution in [0.4, 0.5) is 0 Å². The Bertz CT molecular complexity index is 465. The summed E-state index contributed by atoms with van der Waals surface area (Å²) in [7, 11) is -3.62.